The lowest BCUT2D eigenvalue weighted by Gasteiger charge is -2.35. The SMILES string of the molecule is CC(CCCCO)N1CCNC(O)C1. The van der Waals surface area contributed by atoms with Crippen LogP contribution < -0.4 is 5.32 Å². The second kappa shape index (κ2) is 6.35. The highest BCUT2D eigenvalue weighted by Crippen LogP contribution is 2.10. The Morgan fingerprint density at radius 3 is 2.93 bits per heavy atom. The van der Waals surface area contributed by atoms with Gasteiger partial charge in [-0.2, -0.15) is 0 Å². The van der Waals surface area contributed by atoms with E-state index in [9.17, 15) is 5.11 Å². The predicted molar refractivity (Wildman–Crippen MR) is 56.0 cm³/mol. The van der Waals surface area contributed by atoms with Crippen molar-refractivity contribution in [3.63, 3.8) is 0 Å². The number of unbranched alkanes of at least 4 members (excludes halogenated alkanes) is 1. The summed E-state index contributed by atoms with van der Waals surface area (Å²) in [6, 6.07) is 0.512. The van der Waals surface area contributed by atoms with Crippen molar-refractivity contribution in [1.29, 1.82) is 0 Å². The van der Waals surface area contributed by atoms with Crippen molar-refractivity contribution in [2.45, 2.75) is 38.5 Å². The fourth-order valence-corrected chi connectivity index (χ4v) is 1.89. The molecule has 0 radical (unpaired) electrons. The summed E-state index contributed by atoms with van der Waals surface area (Å²) in [5.41, 5.74) is 0. The molecule has 4 heteroatoms. The van der Waals surface area contributed by atoms with Gasteiger partial charge in [0.15, 0.2) is 0 Å². The molecule has 0 amide bonds. The van der Waals surface area contributed by atoms with E-state index in [1.807, 2.05) is 0 Å². The Morgan fingerprint density at radius 2 is 2.29 bits per heavy atom. The van der Waals surface area contributed by atoms with Crippen molar-refractivity contribution < 1.29 is 10.2 Å². The van der Waals surface area contributed by atoms with E-state index in [0.29, 0.717) is 6.04 Å². The topological polar surface area (TPSA) is 55.7 Å². The molecule has 1 saturated heterocycles. The maximum Gasteiger partial charge on any atom is 0.117 e. The monoisotopic (exact) mass is 202 g/mol. The molecule has 0 aromatic carbocycles. The van der Waals surface area contributed by atoms with Gasteiger partial charge in [-0.3, -0.25) is 10.2 Å². The average molecular weight is 202 g/mol. The maximum atomic E-state index is 9.41. The Hall–Kier alpha value is -0.160. The van der Waals surface area contributed by atoms with E-state index in [0.717, 1.165) is 38.9 Å². The number of β-amino-alcohol motifs (C(OH)–C–C–N with tert-alkyl or cyclic N) is 1. The molecule has 0 bridgehead atoms. The molecule has 1 aliphatic heterocycles. The van der Waals surface area contributed by atoms with Crippen molar-refractivity contribution >= 4 is 0 Å². The quantitative estimate of drug-likeness (QED) is 0.539. The van der Waals surface area contributed by atoms with E-state index in [-0.39, 0.29) is 12.8 Å². The lowest BCUT2D eigenvalue weighted by atomic mass is 10.1. The van der Waals surface area contributed by atoms with Crippen LogP contribution in [0.4, 0.5) is 0 Å². The molecule has 4 nitrogen and oxygen atoms in total. The first-order valence-corrected chi connectivity index (χ1v) is 5.50. The number of nitrogens with one attached hydrogen (secondary N) is 1. The first-order chi connectivity index (χ1) is 6.74. The minimum atomic E-state index is -0.371. The molecule has 0 aromatic heterocycles. The molecule has 0 aromatic rings. The number of rotatable bonds is 5. The molecule has 3 N–H and O–H groups in total. The van der Waals surface area contributed by atoms with Crippen molar-refractivity contribution in [1.82, 2.24) is 10.2 Å². The van der Waals surface area contributed by atoms with Gasteiger partial charge in [-0.05, 0) is 26.2 Å². The zero-order chi connectivity index (χ0) is 10.4. The van der Waals surface area contributed by atoms with Gasteiger partial charge in [-0.1, -0.05) is 0 Å². The van der Waals surface area contributed by atoms with Gasteiger partial charge in [0.1, 0.15) is 6.23 Å². The predicted octanol–water partition coefficient (Wildman–Crippen LogP) is -0.239. The zero-order valence-corrected chi connectivity index (χ0v) is 8.95. The van der Waals surface area contributed by atoms with E-state index in [4.69, 9.17) is 5.11 Å². The normalized spacial score (nSPS) is 26.4. The third-order valence-corrected chi connectivity index (χ3v) is 2.84. The van der Waals surface area contributed by atoms with Crippen molar-refractivity contribution in [3.05, 3.63) is 0 Å². The van der Waals surface area contributed by atoms with Crippen molar-refractivity contribution in [3.8, 4) is 0 Å². The number of hydrogen-bond donors (Lipinski definition) is 3. The molecule has 84 valence electrons. The van der Waals surface area contributed by atoms with Gasteiger partial charge in [-0.15, -0.1) is 0 Å². The highest BCUT2D eigenvalue weighted by Gasteiger charge is 2.20. The summed E-state index contributed by atoms with van der Waals surface area (Å²) in [4.78, 5) is 2.30. The Balaban J connectivity index is 2.18. The van der Waals surface area contributed by atoms with E-state index in [1.54, 1.807) is 0 Å². The largest absolute Gasteiger partial charge is 0.396 e. The molecule has 0 saturated carbocycles. The van der Waals surface area contributed by atoms with E-state index in [1.165, 1.54) is 0 Å². The Bertz CT molecular complexity index is 155. The van der Waals surface area contributed by atoms with Crippen LogP contribution in [0.3, 0.4) is 0 Å². The highest BCUT2D eigenvalue weighted by atomic mass is 16.3. The van der Waals surface area contributed by atoms with Gasteiger partial charge >= 0.3 is 0 Å². The summed E-state index contributed by atoms with van der Waals surface area (Å²) in [5.74, 6) is 0. The molecule has 14 heavy (non-hydrogen) atoms. The first kappa shape index (κ1) is 11.9. The summed E-state index contributed by atoms with van der Waals surface area (Å²) >= 11 is 0. The molecule has 1 rings (SSSR count). The number of aliphatic hydroxyl groups excluding tert-OH is 2. The molecular weight excluding hydrogens is 180 g/mol. The van der Waals surface area contributed by atoms with Crippen LogP contribution >= 0.6 is 0 Å². The fourth-order valence-electron chi connectivity index (χ4n) is 1.89. The van der Waals surface area contributed by atoms with E-state index in [2.05, 4.69) is 17.1 Å². The smallest absolute Gasteiger partial charge is 0.117 e. The van der Waals surface area contributed by atoms with Crippen LogP contribution in [0, 0.1) is 0 Å². The van der Waals surface area contributed by atoms with Crippen LogP contribution in [-0.2, 0) is 0 Å². The summed E-state index contributed by atoms with van der Waals surface area (Å²) in [7, 11) is 0. The molecule has 2 atom stereocenters. The van der Waals surface area contributed by atoms with Gasteiger partial charge in [-0.25, -0.2) is 0 Å². The van der Waals surface area contributed by atoms with Crippen molar-refractivity contribution in [2.75, 3.05) is 26.2 Å². The highest BCUT2D eigenvalue weighted by molar-refractivity contribution is 4.75. The van der Waals surface area contributed by atoms with E-state index < -0.39 is 0 Å². The van der Waals surface area contributed by atoms with Gasteiger partial charge in [0.2, 0.25) is 0 Å². The zero-order valence-electron chi connectivity index (χ0n) is 8.95. The van der Waals surface area contributed by atoms with Gasteiger partial charge in [0.05, 0.1) is 0 Å². The van der Waals surface area contributed by atoms with Crippen molar-refractivity contribution in [2.24, 2.45) is 0 Å². The second-order valence-corrected chi connectivity index (χ2v) is 4.03. The van der Waals surface area contributed by atoms with Gasteiger partial charge < -0.3 is 10.2 Å². The maximum absolute atomic E-state index is 9.41. The number of hydrogen-bond acceptors (Lipinski definition) is 4. The molecule has 1 heterocycles. The number of nitrogens with zero attached hydrogens (tertiary/aromatic N) is 1. The summed E-state index contributed by atoms with van der Waals surface area (Å²) in [5, 5.41) is 21.1. The second-order valence-electron chi connectivity index (χ2n) is 4.03. The van der Waals surface area contributed by atoms with Gasteiger partial charge in [0, 0.05) is 32.3 Å². The van der Waals surface area contributed by atoms with E-state index >= 15 is 0 Å². The molecule has 1 fully saturated rings. The molecule has 2 unspecified atom stereocenters. The Morgan fingerprint density at radius 1 is 1.50 bits per heavy atom. The Kier molecular flexibility index (Phi) is 5.40. The standard InChI is InChI=1S/C10H22N2O2/c1-9(4-2-3-7-13)12-6-5-11-10(14)8-12/h9-11,13-14H,2-8H2,1H3. The van der Waals surface area contributed by atoms with Gasteiger partial charge in [0.25, 0.3) is 0 Å². The minimum Gasteiger partial charge on any atom is -0.396 e. The summed E-state index contributed by atoms with van der Waals surface area (Å²) in [6.45, 7) is 5.08. The minimum absolute atomic E-state index is 0.289. The fraction of sp³-hybridized carbons (Fsp3) is 1.00. The number of piperazine rings is 1. The van der Waals surface area contributed by atoms with Crippen LogP contribution in [-0.4, -0.2) is 53.6 Å². The first-order valence-electron chi connectivity index (χ1n) is 5.50. The molecular formula is C10H22N2O2. The van der Waals surface area contributed by atoms with Crippen LogP contribution in [0.5, 0.6) is 0 Å². The third kappa shape index (κ3) is 3.92. The number of aliphatic hydroxyl groups is 2. The molecule has 0 aliphatic carbocycles. The van der Waals surface area contributed by atoms with Crippen LogP contribution in [0.1, 0.15) is 26.2 Å². The van der Waals surface area contributed by atoms with Crippen LogP contribution in [0.15, 0.2) is 0 Å². The lowest BCUT2D eigenvalue weighted by molar-refractivity contribution is 0.0343. The lowest BCUT2D eigenvalue weighted by Crippen LogP contribution is -2.53. The van der Waals surface area contributed by atoms with Crippen LogP contribution in [0.2, 0.25) is 0 Å². The average Bonchev–Trinajstić information content (AvgIpc) is 2.18. The molecule has 0 spiro atoms. The summed E-state index contributed by atoms with van der Waals surface area (Å²) in [6.07, 6.45) is 2.69. The summed E-state index contributed by atoms with van der Waals surface area (Å²) < 4.78 is 0. The Labute approximate surface area is 85.9 Å². The van der Waals surface area contributed by atoms with Crippen LogP contribution in [0.25, 0.3) is 0 Å². The third-order valence-electron chi connectivity index (χ3n) is 2.84. The molecule has 1 aliphatic rings.